The molecule has 2 rings (SSSR count). The van der Waals surface area contributed by atoms with Crippen molar-refractivity contribution in [2.45, 2.75) is 13.5 Å². The third-order valence-corrected chi connectivity index (χ3v) is 2.57. The van der Waals surface area contributed by atoms with Crippen molar-refractivity contribution in [2.24, 2.45) is 0 Å². The minimum atomic E-state index is 0.369. The van der Waals surface area contributed by atoms with Gasteiger partial charge in [-0.1, -0.05) is 28.4 Å². The molecule has 0 saturated carbocycles. The molecule has 1 N–H and O–H groups in total. The van der Waals surface area contributed by atoms with Gasteiger partial charge in [-0.2, -0.15) is 4.98 Å². The molecule has 1 aromatic heterocycles. The highest BCUT2D eigenvalue weighted by Gasteiger charge is 2.04. The number of anilines is 1. The highest BCUT2D eigenvalue weighted by molar-refractivity contribution is 6.33. The van der Waals surface area contributed by atoms with Crippen LogP contribution in [-0.2, 0) is 6.54 Å². The van der Waals surface area contributed by atoms with Crippen molar-refractivity contribution in [2.75, 3.05) is 5.32 Å². The van der Waals surface area contributed by atoms with Crippen LogP contribution in [0.4, 0.5) is 6.01 Å². The molecule has 2 aromatic rings. The van der Waals surface area contributed by atoms with Gasteiger partial charge in [-0.3, -0.25) is 0 Å². The maximum atomic E-state index is 6.00. The van der Waals surface area contributed by atoms with Gasteiger partial charge in [-0.15, -0.1) is 0 Å². The van der Waals surface area contributed by atoms with E-state index in [4.69, 9.17) is 27.7 Å². The first-order chi connectivity index (χ1) is 7.65. The van der Waals surface area contributed by atoms with E-state index in [9.17, 15) is 0 Å². The highest BCUT2D eigenvalue weighted by atomic mass is 35.5. The molecule has 0 fully saturated rings. The Bertz CT molecular complexity index is 499. The zero-order valence-corrected chi connectivity index (χ0v) is 10.0. The van der Waals surface area contributed by atoms with Crippen LogP contribution in [0, 0.1) is 6.92 Å². The summed E-state index contributed by atoms with van der Waals surface area (Å²) in [5.74, 6) is 0.583. The molecule has 0 unspecified atom stereocenters. The van der Waals surface area contributed by atoms with Gasteiger partial charge < -0.3 is 9.84 Å². The number of nitrogens with one attached hydrogen (secondary N) is 1. The summed E-state index contributed by atoms with van der Waals surface area (Å²) in [6.45, 7) is 2.24. The summed E-state index contributed by atoms with van der Waals surface area (Å²) in [5.41, 5.74) is 0.880. The topological polar surface area (TPSA) is 51.0 Å². The Balaban J connectivity index is 2.07. The lowest BCUT2D eigenvalue weighted by atomic mass is 10.2. The van der Waals surface area contributed by atoms with E-state index >= 15 is 0 Å². The number of rotatable bonds is 3. The zero-order valence-electron chi connectivity index (χ0n) is 8.50. The summed E-state index contributed by atoms with van der Waals surface area (Å²) in [6, 6.07) is 5.65. The van der Waals surface area contributed by atoms with Gasteiger partial charge in [-0.25, -0.2) is 0 Å². The van der Waals surface area contributed by atoms with Crippen molar-refractivity contribution in [3.63, 3.8) is 0 Å². The predicted octanol–water partition coefficient (Wildman–Crippen LogP) is 3.30. The SMILES string of the molecule is Cc1noc(NCc2cc(Cl)ccc2Cl)n1. The first kappa shape index (κ1) is 11.2. The second-order valence-corrected chi connectivity index (χ2v) is 4.08. The molecular formula is C10H9Cl2N3O. The molecule has 0 spiro atoms. The Kier molecular flexibility index (Phi) is 3.31. The summed E-state index contributed by atoms with van der Waals surface area (Å²) in [6.07, 6.45) is 0. The van der Waals surface area contributed by atoms with Crippen molar-refractivity contribution in [1.29, 1.82) is 0 Å². The lowest BCUT2D eigenvalue weighted by molar-refractivity contribution is 0.425. The van der Waals surface area contributed by atoms with Crippen LogP contribution in [0.3, 0.4) is 0 Å². The predicted molar refractivity (Wildman–Crippen MR) is 62.8 cm³/mol. The van der Waals surface area contributed by atoms with Gasteiger partial charge in [-0.05, 0) is 30.7 Å². The summed E-state index contributed by atoms with van der Waals surface area (Å²) in [4.78, 5) is 4.01. The van der Waals surface area contributed by atoms with Crippen molar-refractivity contribution < 1.29 is 4.52 Å². The van der Waals surface area contributed by atoms with Crippen LogP contribution < -0.4 is 5.32 Å². The molecule has 0 atom stereocenters. The molecule has 6 heteroatoms. The van der Waals surface area contributed by atoms with Gasteiger partial charge in [0.25, 0.3) is 0 Å². The second-order valence-electron chi connectivity index (χ2n) is 3.24. The molecule has 1 heterocycles. The molecule has 1 aromatic carbocycles. The van der Waals surface area contributed by atoms with E-state index in [0.29, 0.717) is 28.4 Å². The lowest BCUT2D eigenvalue weighted by Crippen LogP contribution is -2.00. The van der Waals surface area contributed by atoms with E-state index < -0.39 is 0 Å². The van der Waals surface area contributed by atoms with Gasteiger partial charge in [0.1, 0.15) is 0 Å². The van der Waals surface area contributed by atoms with Crippen molar-refractivity contribution in [1.82, 2.24) is 10.1 Å². The van der Waals surface area contributed by atoms with E-state index in [1.165, 1.54) is 0 Å². The summed E-state index contributed by atoms with van der Waals surface area (Å²) >= 11 is 11.9. The Morgan fingerprint density at radius 1 is 1.38 bits per heavy atom. The maximum Gasteiger partial charge on any atom is 0.321 e. The van der Waals surface area contributed by atoms with E-state index in [-0.39, 0.29) is 0 Å². The average molecular weight is 258 g/mol. The van der Waals surface area contributed by atoms with Crippen molar-refractivity contribution >= 4 is 29.2 Å². The third-order valence-electron chi connectivity index (χ3n) is 1.97. The number of benzene rings is 1. The van der Waals surface area contributed by atoms with Gasteiger partial charge in [0.15, 0.2) is 5.82 Å². The van der Waals surface area contributed by atoms with Crippen LogP contribution in [0.5, 0.6) is 0 Å². The highest BCUT2D eigenvalue weighted by Crippen LogP contribution is 2.21. The summed E-state index contributed by atoms with van der Waals surface area (Å²) < 4.78 is 4.91. The van der Waals surface area contributed by atoms with Crippen LogP contribution in [0.15, 0.2) is 22.7 Å². The fraction of sp³-hybridized carbons (Fsp3) is 0.200. The Labute approximate surface area is 103 Å². The van der Waals surface area contributed by atoms with E-state index in [1.807, 2.05) is 0 Å². The van der Waals surface area contributed by atoms with E-state index in [2.05, 4.69) is 15.5 Å². The molecule has 4 nitrogen and oxygen atoms in total. The van der Waals surface area contributed by atoms with E-state index in [0.717, 1.165) is 5.56 Å². The lowest BCUT2D eigenvalue weighted by Gasteiger charge is -2.04. The minimum Gasteiger partial charge on any atom is -0.334 e. The molecule has 16 heavy (non-hydrogen) atoms. The Morgan fingerprint density at radius 2 is 2.19 bits per heavy atom. The fourth-order valence-corrected chi connectivity index (χ4v) is 1.60. The number of aryl methyl sites for hydroxylation is 1. The molecule has 0 saturated heterocycles. The van der Waals surface area contributed by atoms with Gasteiger partial charge in [0.05, 0.1) is 0 Å². The Hall–Kier alpha value is -1.26. The molecule has 0 bridgehead atoms. The quantitative estimate of drug-likeness (QED) is 0.917. The first-order valence-electron chi connectivity index (χ1n) is 4.63. The molecule has 0 aliphatic rings. The number of nitrogens with zero attached hydrogens (tertiary/aromatic N) is 2. The number of aromatic nitrogens is 2. The van der Waals surface area contributed by atoms with Crippen LogP contribution in [0.25, 0.3) is 0 Å². The van der Waals surface area contributed by atoms with Crippen LogP contribution in [0.2, 0.25) is 10.0 Å². The van der Waals surface area contributed by atoms with Crippen LogP contribution in [-0.4, -0.2) is 10.1 Å². The van der Waals surface area contributed by atoms with Crippen molar-refractivity contribution in [3.8, 4) is 0 Å². The molecular weight excluding hydrogens is 249 g/mol. The molecule has 84 valence electrons. The standard InChI is InChI=1S/C10H9Cl2N3O/c1-6-14-10(16-15-6)13-5-7-4-8(11)2-3-9(7)12/h2-4H,5H2,1H3,(H,13,14,15). The molecule has 0 radical (unpaired) electrons. The minimum absolute atomic E-state index is 0.369. The maximum absolute atomic E-state index is 6.00. The first-order valence-corrected chi connectivity index (χ1v) is 5.39. The zero-order chi connectivity index (χ0) is 11.5. The largest absolute Gasteiger partial charge is 0.334 e. The van der Waals surface area contributed by atoms with Crippen LogP contribution in [0.1, 0.15) is 11.4 Å². The normalized spacial score (nSPS) is 10.4. The van der Waals surface area contributed by atoms with Gasteiger partial charge in [0, 0.05) is 16.6 Å². The van der Waals surface area contributed by atoms with Crippen molar-refractivity contribution in [3.05, 3.63) is 39.6 Å². The Morgan fingerprint density at radius 3 is 2.88 bits per heavy atom. The number of halogens is 2. The smallest absolute Gasteiger partial charge is 0.321 e. The van der Waals surface area contributed by atoms with Gasteiger partial charge >= 0.3 is 6.01 Å². The average Bonchev–Trinajstić information content (AvgIpc) is 2.66. The molecule has 0 aliphatic carbocycles. The third kappa shape index (κ3) is 2.65. The number of hydrogen-bond donors (Lipinski definition) is 1. The summed E-state index contributed by atoms with van der Waals surface area (Å²) in [5, 5.41) is 7.92. The van der Waals surface area contributed by atoms with Gasteiger partial charge in [0.2, 0.25) is 0 Å². The number of hydrogen-bond acceptors (Lipinski definition) is 4. The summed E-state index contributed by atoms with van der Waals surface area (Å²) in [7, 11) is 0. The molecule has 0 aliphatic heterocycles. The second kappa shape index (κ2) is 4.72. The fourth-order valence-electron chi connectivity index (χ4n) is 1.22. The van der Waals surface area contributed by atoms with E-state index in [1.54, 1.807) is 25.1 Å². The monoisotopic (exact) mass is 257 g/mol. The van der Waals surface area contributed by atoms with Crippen LogP contribution >= 0.6 is 23.2 Å². The molecule has 0 amide bonds.